The van der Waals surface area contributed by atoms with Gasteiger partial charge in [0.2, 0.25) is 11.8 Å². The van der Waals surface area contributed by atoms with Crippen LogP contribution < -0.4 is 10.6 Å². The number of rotatable bonds is 3. The van der Waals surface area contributed by atoms with Crippen LogP contribution in [-0.2, 0) is 9.59 Å². The van der Waals surface area contributed by atoms with Gasteiger partial charge in [-0.15, -0.1) is 11.3 Å². The van der Waals surface area contributed by atoms with Crippen LogP contribution in [-0.4, -0.2) is 23.3 Å². The molecule has 0 unspecified atom stereocenters. The molecule has 0 spiro atoms. The van der Waals surface area contributed by atoms with Crippen molar-refractivity contribution in [2.75, 3.05) is 11.9 Å². The first-order chi connectivity index (χ1) is 7.39. The number of hydrogen-bond donors (Lipinski definition) is 2. The maximum atomic E-state index is 11.5. The lowest BCUT2D eigenvalue weighted by Gasteiger charge is -2.17. The van der Waals surface area contributed by atoms with Gasteiger partial charge >= 0.3 is 0 Å². The molecule has 0 bridgehead atoms. The molecule has 2 amide bonds. The summed E-state index contributed by atoms with van der Waals surface area (Å²) in [6.45, 7) is 5.35. The normalized spacial score (nSPS) is 10.9. The molecule has 16 heavy (non-hydrogen) atoms. The molecule has 0 radical (unpaired) electrons. The first kappa shape index (κ1) is 12.6. The van der Waals surface area contributed by atoms with Crippen molar-refractivity contribution in [2.45, 2.75) is 20.8 Å². The molecule has 0 aliphatic heterocycles. The Morgan fingerprint density at radius 2 is 2.12 bits per heavy atom. The quantitative estimate of drug-likeness (QED) is 0.836. The number of carbonyl (C=O) groups is 2. The van der Waals surface area contributed by atoms with E-state index in [9.17, 15) is 9.59 Å². The highest BCUT2D eigenvalue weighted by atomic mass is 32.1. The zero-order chi connectivity index (χ0) is 12.2. The van der Waals surface area contributed by atoms with Crippen molar-refractivity contribution in [3.05, 3.63) is 11.6 Å². The second-order valence-electron chi connectivity index (χ2n) is 4.32. The second kappa shape index (κ2) is 5.07. The lowest BCUT2D eigenvalue weighted by atomic mass is 9.96. The molecule has 0 aliphatic carbocycles. The number of carbonyl (C=O) groups excluding carboxylic acids is 2. The summed E-state index contributed by atoms with van der Waals surface area (Å²) >= 11 is 1.34. The lowest BCUT2D eigenvalue weighted by Crippen LogP contribution is -2.39. The first-order valence-electron chi connectivity index (χ1n) is 4.87. The topological polar surface area (TPSA) is 71.1 Å². The van der Waals surface area contributed by atoms with Crippen molar-refractivity contribution in [3.63, 3.8) is 0 Å². The fourth-order valence-electron chi connectivity index (χ4n) is 0.874. The van der Waals surface area contributed by atoms with Gasteiger partial charge in [-0.3, -0.25) is 9.59 Å². The van der Waals surface area contributed by atoms with Crippen LogP contribution in [0.4, 0.5) is 5.13 Å². The lowest BCUT2D eigenvalue weighted by molar-refractivity contribution is -0.130. The summed E-state index contributed by atoms with van der Waals surface area (Å²) < 4.78 is 0. The SMILES string of the molecule is CC(C)(C)C(=O)NCC(=O)Nc1nccs1. The third-order valence-electron chi connectivity index (χ3n) is 1.77. The Labute approximate surface area is 98.3 Å². The average molecular weight is 241 g/mol. The van der Waals surface area contributed by atoms with Gasteiger partial charge in [0.25, 0.3) is 0 Å². The van der Waals surface area contributed by atoms with Crippen LogP contribution in [0.5, 0.6) is 0 Å². The summed E-state index contributed by atoms with van der Waals surface area (Å²) in [6, 6.07) is 0. The predicted octanol–water partition coefficient (Wildman–Crippen LogP) is 1.24. The monoisotopic (exact) mass is 241 g/mol. The van der Waals surface area contributed by atoms with Gasteiger partial charge in [0.05, 0.1) is 6.54 Å². The van der Waals surface area contributed by atoms with E-state index in [2.05, 4.69) is 15.6 Å². The van der Waals surface area contributed by atoms with Crippen LogP contribution in [0, 0.1) is 5.41 Å². The van der Waals surface area contributed by atoms with Crippen molar-refractivity contribution in [1.82, 2.24) is 10.3 Å². The number of aromatic nitrogens is 1. The van der Waals surface area contributed by atoms with Crippen LogP contribution in [0.15, 0.2) is 11.6 Å². The molecule has 0 aliphatic rings. The number of hydrogen-bond acceptors (Lipinski definition) is 4. The molecule has 2 N–H and O–H groups in total. The summed E-state index contributed by atoms with van der Waals surface area (Å²) in [5.74, 6) is -0.422. The van der Waals surface area contributed by atoms with Gasteiger partial charge in [-0.1, -0.05) is 20.8 Å². The van der Waals surface area contributed by atoms with E-state index in [1.807, 2.05) is 0 Å². The molecule has 0 fully saturated rings. The number of anilines is 1. The summed E-state index contributed by atoms with van der Waals surface area (Å²) in [4.78, 5) is 26.8. The Morgan fingerprint density at radius 3 is 2.62 bits per heavy atom. The van der Waals surface area contributed by atoms with Crippen LogP contribution >= 0.6 is 11.3 Å². The van der Waals surface area contributed by atoms with Crippen molar-refractivity contribution < 1.29 is 9.59 Å². The van der Waals surface area contributed by atoms with Crippen LogP contribution in [0.2, 0.25) is 0 Å². The number of thiazole rings is 1. The van der Waals surface area contributed by atoms with Gasteiger partial charge in [0, 0.05) is 17.0 Å². The fourth-order valence-corrected chi connectivity index (χ4v) is 1.42. The van der Waals surface area contributed by atoms with Crippen molar-refractivity contribution in [3.8, 4) is 0 Å². The van der Waals surface area contributed by atoms with Crippen LogP contribution in [0.3, 0.4) is 0 Å². The van der Waals surface area contributed by atoms with E-state index >= 15 is 0 Å². The third kappa shape index (κ3) is 3.98. The largest absolute Gasteiger partial charge is 0.347 e. The zero-order valence-electron chi connectivity index (χ0n) is 9.53. The number of amides is 2. The van der Waals surface area contributed by atoms with Crippen molar-refractivity contribution >= 4 is 28.3 Å². The molecule has 6 heteroatoms. The minimum atomic E-state index is -0.485. The van der Waals surface area contributed by atoms with E-state index in [0.29, 0.717) is 5.13 Å². The predicted molar refractivity (Wildman–Crippen MR) is 63.2 cm³/mol. The van der Waals surface area contributed by atoms with Crippen LogP contribution in [0.1, 0.15) is 20.8 Å². The minimum absolute atomic E-state index is 0.0321. The molecular formula is C10H15N3O2S. The Balaban J connectivity index is 2.34. The van der Waals surface area contributed by atoms with Gasteiger partial charge in [-0.25, -0.2) is 4.98 Å². The molecule has 1 heterocycles. The first-order valence-corrected chi connectivity index (χ1v) is 5.75. The van der Waals surface area contributed by atoms with Crippen molar-refractivity contribution in [2.24, 2.45) is 5.41 Å². The van der Waals surface area contributed by atoms with E-state index in [1.54, 1.807) is 32.3 Å². The van der Waals surface area contributed by atoms with Gasteiger partial charge in [0.15, 0.2) is 5.13 Å². The molecule has 1 aromatic heterocycles. The molecule has 0 saturated heterocycles. The van der Waals surface area contributed by atoms with Crippen LogP contribution in [0.25, 0.3) is 0 Å². The Hall–Kier alpha value is -1.43. The fraction of sp³-hybridized carbons (Fsp3) is 0.500. The van der Waals surface area contributed by atoms with Gasteiger partial charge < -0.3 is 10.6 Å². The highest BCUT2D eigenvalue weighted by Gasteiger charge is 2.21. The van der Waals surface area contributed by atoms with Crippen molar-refractivity contribution in [1.29, 1.82) is 0 Å². The van der Waals surface area contributed by atoms with Gasteiger partial charge in [-0.2, -0.15) is 0 Å². The van der Waals surface area contributed by atoms with E-state index in [-0.39, 0.29) is 18.4 Å². The number of nitrogens with one attached hydrogen (secondary N) is 2. The van der Waals surface area contributed by atoms with E-state index in [0.717, 1.165) is 0 Å². The van der Waals surface area contributed by atoms with Gasteiger partial charge in [-0.05, 0) is 0 Å². The highest BCUT2D eigenvalue weighted by Crippen LogP contribution is 2.12. The Bertz CT molecular complexity index is 368. The van der Waals surface area contributed by atoms with E-state index in [1.165, 1.54) is 11.3 Å². The summed E-state index contributed by atoms with van der Waals surface area (Å²) in [7, 11) is 0. The third-order valence-corrected chi connectivity index (χ3v) is 2.46. The molecular weight excluding hydrogens is 226 g/mol. The Kier molecular flexibility index (Phi) is 4.00. The molecule has 88 valence electrons. The zero-order valence-corrected chi connectivity index (χ0v) is 10.4. The maximum Gasteiger partial charge on any atom is 0.245 e. The second-order valence-corrected chi connectivity index (χ2v) is 5.21. The molecule has 1 aromatic rings. The standard InChI is InChI=1S/C10H15N3O2S/c1-10(2,3)8(15)12-6-7(14)13-9-11-4-5-16-9/h4-5H,6H2,1-3H3,(H,12,15)(H,11,13,14). The molecule has 0 atom stereocenters. The molecule has 0 aromatic carbocycles. The smallest absolute Gasteiger partial charge is 0.245 e. The van der Waals surface area contributed by atoms with E-state index < -0.39 is 5.41 Å². The molecule has 1 rings (SSSR count). The minimum Gasteiger partial charge on any atom is -0.347 e. The maximum absolute atomic E-state index is 11.5. The van der Waals surface area contributed by atoms with E-state index in [4.69, 9.17) is 0 Å². The average Bonchev–Trinajstić information content (AvgIpc) is 2.65. The summed E-state index contributed by atoms with van der Waals surface area (Å²) in [5, 5.41) is 7.45. The molecule has 5 nitrogen and oxygen atoms in total. The summed E-state index contributed by atoms with van der Waals surface area (Å²) in [6.07, 6.45) is 1.61. The molecule has 0 saturated carbocycles. The van der Waals surface area contributed by atoms with Gasteiger partial charge in [0.1, 0.15) is 0 Å². The Morgan fingerprint density at radius 1 is 1.44 bits per heavy atom. The summed E-state index contributed by atoms with van der Waals surface area (Å²) in [5.41, 5.74) is -0.485. The number of nitrogens with zero attached hydrogens (tertiary/aromatic N) is 1. The highest BCUT2D eigenvalue weighted by molar-refractivity contribution is 7.13.